The maximum atomic E-state index is 9.55. The smallest absolute Gasteiger partial charge is 0.0576 e. The highest BCUT2D eigenvalue weighted by Crippen LogP contribution is 2.57. The summed E-state index contributed by atoms with van der Waals surface area (Å²) in [4.78, 5) is 0. The second-order valence-corrected chi connectivity index (χ2v) is 4.51. The summed E-state index contributed by atoms with van der Waals surface area (Å²) in [5.74, 6) is 1.42. The summed E-state index contributed by atoms with van der Waals surface area (Å²) in [6, 6.07) is 0. The van der Waals surface area contributed by atoms with Crippen molar-refractivity contribution < 1.29 is 5.11 Å². The van der Waals surface area contributed by atoms with Gasteiger partial charge in [-0.05, 0) is 36.5 Å². The van der Waals surface area contributed by atoms with Gasteiger partial charge >= 0.3 is 0 Å². The summed E-state index contributed by atoms with van der Waals surface area (Å²) < 4.78 is 0. The first-order valence-corrected chi connectivity index (χ1v) is 4.30. The van der Waals surface area contributed by atoms with Crippen LogP contribution < -0.4 is 0 Å². The van der Waals surface area contributed by atoms with Crippen molar-refractivity contribution in [3.8, 4) is 0 Å². The Kier molecular flexibility index (Phi) is 1.17. The van der Waals surface area contributed by atoms with E-state index in [2.05, 4.69) is 13.8 Å². The molecule has 2 fully saturated rings. The van der Waals surface area contributed by atoms with Gasteiger partial charge in [0, 0.05) is 0 Å². The number of hydrogen-bond acceptors (Lipinski definition) is 1. The van der Waals surface area contributed by atoms with E-state index in [0.717, 1.165) is 12.3 Å². The van der Waals surface area contributed by atoms with Gasteiger partial charge in [-0.15, -0.1) is 0 Å². The predicted octanol–water partition coefficient (Wildman–Crippen LogP) is 1.80. The molecule has 2 rings (SSSR count). The van der Waals surface area contributed by atoms with Gasteiger partial charge in [0.2, 0.25) is 0 Å². The van der Waals surface area contributed by atoms with E-state index in [1.165, 1.54) is 12.8 Å². The van der Waals surface area contributed by atoms with Crippen molar-refractivity contribution in [2.75, 3.05) is 0 Å². The summed E-state index contributed by atoms with van der Waals surface area (Å²) in [7, 11) is 0. The molecule has 2 aliphatic rings. The molecule has 0 aliphatic heterocycles. The third-order valence-corrected chi connectivity index (χ3v) is 3.82. The summed E-state index contributed by atoms with van der Waals surface area (Å²) in [6.45, 7) is 4.62. The van der Waals surface area contributed by atoms with Crippen LogP contribution in [0.2, 0.25) is 0 Å². The molecule has 0 unspecified atom stereocenters. The fraction of sp³-hybridized carbons (Fsp3) is 1.00. The molecule has 1 nitrogen and oxygen atoms in total. The summed E-state index contributed by atoms with van der Waals surface area (Å²) >= 11 is 0. The van der Waals surface area contributed by atoms with Crippen molar-refractivity contribution in [1.82, 2.24) is 0 Å². The van der Waals surface area contributed by atoms with Crippen LogP contribution in [0.5, 0.6) is 0 Å². The van der Waals surface area contributed by atoms with Crippen molar-refractivity contribution in [2.24, 2.45) is 17.3 Å². The third kappa shape index (κ3) is 0.619. The molecule has 0 aromatic carbocycles. The average Bonchev–Trinajstić information content (AvgIpc) is 2.20. The standard InChI is InChI=1S/C9H16O/c1-9(2)6-3-4-7(9)8(10)5-6/h6-8,10H,3-5H2,1-2H3/t6-,7+,8-/m0/s1. The number of fused-ring (bicyclic) bond motifs is 2. The molecular formula is C9H16O. The lowest BCUT2D eigenvalue weighted by molar-refractivity contribution is 0.0949. The lowest BCUT2D eigenvalue weighted by Gasteiger charge is -2.24. The molecule has 0 spiro atoms. The summed E-state index contributed by atoms with van der Waals surface area (Å²) in [6.07, 6.45) is 3.71. The molecule has 3 atom stereocenters. The highest BCUT2D eigenvalue weighted by Gasteiger charge is 2.52. The minimum atomic E-state index is 0.0220. The largest absolute Gasteiger partial charge is 0.393 e. The van der Waals surface area contributed by atoms with E-state index in [0.29, 0.717) is 11.3 Å². The van der Waals surface area contributed by atoms with E-state index in [-0.39, 0.29) is 6.10 Å². The summed E-state index contributed by atoms with van der Waals surface area (Å²) in [5, 5.41) is 9.55. The number of aliphatic hydroxyl groups excluding tert-OH is 1. The Balaban J connectivity index is 2.27. The molecular weight excluding hydrogens is 124 g/mol. The quantitative estimate of drug-likeness (QED) is 0.544. The Morgan fingerprint density at radius 2 is 2.00 bits per heavy atom. The highest BCUT2D eigenvalue weighted by molar-refractivity contribution is 5.02. The van der Waals surface area contributed by atoms with E-state index in [9.17, 15) is 5.11 Å². The number of hydrogen-bond donors (Lipinski definition) is 1. The maximum absolute atomic E-state index is 9.55. The van der Waals surface area contributed by atoms with Crippen LogP contribution in [0.1, 0.15) is 33.1 Å². The molecule has 2 bridgehead atoms. The molecule has 1 heteroatoms. The molecule has 0 saturated heterocycles. The van der Waals surface area contributed by atoms with E-state index in [1.54, 1.807) is 0 Å². The van der Waals surface area contributed by atoms with Gasteiger partial charge in [-0.3, -0.25) is 0 Å². The third-order valence-electron chi connectivity index (χ3n) is 3.82. The molecule has 2 saturated carbocycles. The van der Waals surface area contributed by atoms with Crippen LogP contribution in [-0.2, 0) is 0 Å². The van der Waals surface area contributed by atoms with Crippen LogP contribution in [0.25, 0.3) is 0 Å². The second kappa shape index (κ2) is 1.76. The molecule has 10 heavy (non-hydrogen) atoms. The first kappa shape index (κ1) is 6.66. The van der Waals surface area contributed by atoms with Crippen molar-refractivity contribution in [3.05, 3.63) is 0 Å². The molecule has 0 aromatic heterocycles. The van der Waals surface area contributed by atoms with Crippen molar-refractivity contribution in [2.45, 2.75) is 39.2 Å². The zero-order valence-corrected chi connectivity index (χ0v) is 6.80. The molecule has 0 aromatic rings. The van der Waals surface area contributed by atoms with Gasteiger partial charge in [0.25, 0.3) is 0 Å². The first-order valence-electron chi connectivity index (χ1n) is 4.30. The molecule has 0 amide bonds. The Morgan fingerprint density at radius 1 is 1.30 bits per heavy atom. The average molecular weight is 140 g/mol. The predicted molar refractivity (Wildman–Crippen MR) is 40.6 cm³/mol. The normalized spacial score (nSPS) is 50.1. The van der Waals surface area contributed by atoms with Crippen LogP contribution in [-0.4, -0.2) is 11.2 Å². The topological polar surface area (TPSA) is 20.2 Å². The monoisotopic (exact) mass is 140 g/mol. The Bertz CT molecular complexity index is 151. The fourth-order valence-electron chi connectivity index (χ4n) is 2.99. The Morgan fingerprint density at radius 3 is 2.20 bits per heavy atom. The Hall–Kier alpha value is -0.0400. The molecule has 58 valence electrons. The van der Waals surface area contributed by atoms with Gasteiger partial charge < -0.3 is 5.11 Å². The number of aliphatic hydroxyl groups is 1. The highest BCUT2D eigenvalue weighted by atomic mass is 16.3. The summed E-state index contributed by atoms with van der Waals surface area (Å²) in [5.41, 5.74) is 0.444. The van der Waals surface area contributed by atoms with Crippen LogP contribution in [0.3, 0.4) is 0 Å². The second-order valence-electron chi connectivity index (χ2n) is 4.51. The van der Waals surface area contributed by atoms with Crippen LogP contribution in [0, 0.1) is 17.3 Å². The Labute approximate surface area is 62.4 Å². The van der Waals surface area contributed by atoms with Crippen molar-refractivity contribution in [1.29, 1.82) is 0 Å². The molecule has 1 N–H and O–H groups in total. The first-order chi connectivity index (χ1) is 4.62. The van der Waals surface area contributed by atoms with E-state index >= 15 is 0 Å². The molecule has 0 heterocycles. The van der Waals surface area contributed by atoms with Crippen LogP contribution >= 0.6 is 0 Å². The number of rotatable bonds is 0. The SMILES string of the molecule is CC1(C)[C@H]2CC[C@@H]1[C@@H](O)C2. The van der Waals surface area contributed by atoms with Crippen LogP contribution in [0.4, 0.5) is 0 Å². The van der Waals surface area contributed by atoms with Gasteiger partial charge in [0.1, 0.15) is 0 Å². The van der Waals surface area contributed by atoms with Crippen molar-refractivity contribution >= 4 is 0 Å². The minimum Gasteiger partial charge on any atom is -0.393 e. The van der Waals surface area contributed by atoms with Gasteiger partial charge in [-0.25, -0.2) is 0 Å². The van der Waals surface area contributed by atoms with Crippen LogP contribution in [0.15, 0.2) is 0 Å². The van der Waals surface area contributed by atoms with Gasteiger partial charge in [0.15, 0.2) is 0 Å². The van der Waals surface area contributed by atoms with Crippen molar-refractivity contribution in [3.63, 3.8) is 0 Å². The molecule has 2 aliphatic carbocycles. The zero-order chi connectivity index (χ0) is 7.35. The lowest BCUT2D eigenvalue weighted by Crippen LogP contribution is -2.22. The zero-order valence-electron chi connectivity index (χ0n) is 6.80. The van der Waals surface area contributed by atoms with E-state index in [1.807, 2.05) is 0 Å². The van der Waals surface area contributed by atoms with E-state index in [4.69, 9.17) is 0 Å². The minimum absolute atomic E-state index is 0.0220. The maximum Gasteiger partial charge on any atom is 0.0576 e. The van der Waals surface area contributed by atoms with Gasteiger partial charge in [-0.2, -0.15) is 0 Å². The van der Waals surface area contributed by atoms with Gasteiger partial charge in [-0.1, -0.05) is 13.8 Å². The van der Waals surface area contributed by atoms with E-state index < -0.39 is 0 Å². The molecule has 0 radical (unpaired) electrons. The fourth-order valence-corrected chi connectivity index (χ4v) is 2.99. The van der Waals surface area contributed by atoms with Gasteiger partial charge in [0.05, 0.1) is 6.10 Å². The lowest BCUT2D eigenvalue weighted by atomic mass is 9.82.